The lowest BCUT2D eigenvalue weighted by molar-refractivity contribution is 0.0979. The van der Waals surface area contributed by atoms with Crippen LogP contribution in [0.25, 0.3) is 0 Å². The van der Waals surface area contributed by atoms with Crippen molar-refractivity contribution in [3.8, 4) is 0 Å². The predicted molar refractivity (Wildman–Crippen MR) is 115 cm³/mol. The molecule has 151 valence electrons. The molecule has 1 aromatic rings. The number of benzene rings is 1. The highest BCUT2D eigenvalue weighted by atomic mass is 16.1. The van der Waals surface area contributed by atoms with Crippen LogP contribution in [-0.4, -0.2) is 12.1 Å². The first-order valence-electron chi connectivity index (χ1n) is 11.3. The highest BCUT2D eigenvalue weighted by Gasteiger charge is 2.10. The summed E-state index contributed by atoms with van der Waals surface area (Å²) in [5, 5.41) is 0. The minimum absolute atomic E-state index is 0.0728. The minimum Gasteiger partial charge on any atom is -0.294 e. The van der Waals surface area contributed by atoms with E-state index in [9.17, 15) is 9.59 Å². The molecule has 1 rings (SSSR count). The Morgan fingerprint density at radius 1 is 0.704 bits per heavy atom. The first kappa shape index (κ1) is 23.6. The lowest BCUT2D eigenvalue weighted by Crippen LogP contribution is -2.03. The lowest BCUT2D eigenvalue weighted by atomic mass is 9.99. The average molecular weight is 372 g/mol. The smallest absolute Gasteiger partial charge is 0.234 e. The Morgan fingerprint density at radius 2 is 1.15 bits per heavy atom. The van der Waals surface area contributed by atoms with E-state index in [0.29, 0.717) is 17.5 Å². The second-order valence-corrected chi connectivity index (χ2v) is 7.77. The molecule has 1 radical (unpaired) electrons. The monoisotopic (exact) mass is 371 g/mol. The quantitative estimate of drug-likeness (QED) is 0.197. The highest BCUT2D eigenvalue weighted by molar-refractivity contribution is 6.02. The van der Waals surface area contributed by atoms with Gasteiger partial charge in [0.1, 0.15) is 0 Å². The first-order valence-corrected chi connectivity index (χ1v) is 11.3. The van der Waals surface area contributed by atoms with Crippen LogP contribution in [0, 0.1) is 0 Å². The van der Waals surface area contributed by atoms with Crippen LogP contribution in [0.4, 0.5) is 0 Å². The molecule has 0 amide bonds. The summed E-state index contributed by atoms with van der Waals surface area (Å²) in [6, 6.07) is 6.96. The third kappa shape index (κ3) is 11.8. The van der Waals surface area contributed by atoms with Crippen LogP contribution in [0.1, 0.15) is 126 Å². The summed E-state index contributed by atoms with van der Waals surface area (Å²) in [7, 11) is 0. The van der Waals surface area contributed by atoms with E-state index in [1.165, 1.54) is 83.5 Å². The number of carbonyl (C=O) groups excluding carboxylic acids is 2. The van der Waals surface area contributed by atoms with Crippen LogP contribution >= 0.6 is 0 Å². The van der Waals surface area contributed by atoms with Crippen molar-refractivity contribution in [1.82, 2.24) is 0 Å². The summed E-state index contributed by atoms with van der Waals surface area (Å²) in [6.07, 6.45) is 22.2. The van der Waals surface area contributed by atoms with E-state index in [2.05, 4.69) is 6.92 Å². The van der Waals surface area contributed by atoms with Crippen LogP contribution in [0.5, 0.6) is 0 Å². The van der Waals surface area contributed by atoms with Crippen LogP contribution in [0.3, 0.4) is 0 Å². The third-order valence-electron chi connectivity index (χ3n) is 5.34. The minimum atomic E-state index is 0.0728. The van der Waals surface area contributed by atoms with E-state index in [0.717, 1.165) is 12.8 Å². The summed E-state index contributed by atoms with van der Waals surface area (Å²) < 4.78 is 0. The summed E-state index contributed by atoms with van der Waals surface area (Å²) in [5.41, 5.74) is 0.918. The van der Waals surface area contributed by atoms with Crippen LogP contribution in [0.2, 0.25) is 0 Å². The third-order valence-corrected chi connectivity index (χ3v) is 5.34. The lowest BCUT2D eigenvalue weighted by Gasteiger charge is -2.04. The van der Waals surface area contributed by atoms with Gasteiger partial charge in [-0.15, -0.1) is 0 Å². The molecule has 0 aliphatic carbocycles. The molecule has 2 heteroatoms. The fourth-order valence-electron chi connectivity index (χ4n) is 3.61. The Labute approximate surface area is 167 Å². The van der Waals surface area contributed by atoms with E-state index in [-0.39, 0.29) is 5.78 Å². The molecule has 0 aliphatic rings. The van der Waals surface area contributed by atoms with Crippen molar-refractivity contribution in [1.29, 1.82) is 0 Å². The average Bonchev–Trinajstić information content (AvgIpc) is 2.70. The van der Waals surface area contributed by atoms with E-state index >= 15 is 0 Å². The fraction of sp³-hybridized carbons (Fsp3) is 0.680. The van der Waals surface area contributed by atoms with Gasteiger partial charge in [0, 0.05) is 17.5 Å². The van der Waals surface area contributed by atoms with Crippen molar-refractivity contribution in [2.45, 2.75) is 110 Å². The molecule has 0 spiro atoms. The van der Waals surface area contributed by atoms with Crippen LogP contribution < -0.4 is 0 Å². The second-order valence-electron chi connectivity index (χ2n) is 7.77. The zero-order valence-corrected chi connectivity index (χ0v) is 17.4. The van der Waals surface area contributed by atoms with Crippen molar-refractivity contribution >= 4 is 12.1 Å². The van der Waals surface area contributed by atoms with Gasteiger partial charge in [0.25, 0.3) is 0 Å². The Bertz CT molecular complexity index is 507. The van der Waals surface area contributed by atoms with Crippen molar-refractivity contribution in [3.05, 3.63) is 35.4 Å². The van der Waals surface area contributed by atoms with Crippen molar-refractivity contribution in [2.24, 2.45) is 0 Å². The number of Topliss-reactive ketones (excluding diaryl/α,β-unsaturated/α-hetero) is 1. The molecule has 1 aromatic carbocycles. The second kappa shape index (κ2) is 16.7. The standard InChI is InChI=1S/C25H39O2/c1-2-3-4-5-6-7-8-9-10-11-12-13-14-15-16-21-25(27)24-20-18-17-19-23(24)22-26/h17-20H,2-16,21H2,1H3. The SMILES string of the molecule is CCCCCCCCCCCCCCCCCC(=O)c1ccccc1[C]=O. The van der Waals surface area contributed by atoms with Gasteiger partial charge in [-0.1, -0.05) is 121 Å². The van der Waals surface area contributed by atoms with Gasteiger partial charge in [-0.2, -0.15) is 0 Å². The molecule has 0 saturated carbocycles. The Hall–Kier alpha value is -1.44. The summed E-state index contributed by atoms with van der Waals surface area (Å²) in [6.45, 7) is 2.27. The molecule has 0 unspecified atom stereocenters. The number of carbonyl (C=O) groups is 1. The number of ketones is 1. The Morgan fingerprint density at radius 3 is 1.63 bits per heavy atom. The largest absolute Gasteiger partial charge is 0.294 e. The van der Waals surface area contributed by atoms with Crippen molar-refractivity contribution < 1.29 is 9.59 Å². The normalized spacial score (nSPS) is 10.9. The zero-order valence-electron chi connectivity index (χ0n) is 17.4. The maximum Gasteiger partial charge on any atom is 0.234 e. The number of unbranched alkanes of at least 4 members (excludes halogenated alkanes) is 14. The van der Waals surface area contributed by atoms with Gasteiger partial charge in [-0.05, 0) is 6.42 Å². The molecule has 0 aliphatic heterocycles. The predicted octanol–water partition coefficient (Wildman–Crippen LogP) is 7.59. The molecule has 0 saturated heterocycles. The van der Waals surface area contributed by atoms with Gasteiger partial charge in [-0.25, -0.2) is 0 Å². The van der Waals surface area contributed by atoms with Gasteiger partial charge >= 0.3 is 0 Å². The molecule has 0 heterocycles. The summed E-state index contributed by atoms with van der Waals surface area (Å²) in [5.74, 6) is 0.0728. The topological polar surface area (TPSA) is 34.1 Å². The van der Waals surface area contributed by atoms with E-state index in [1.807, 2.05) is 6.29 Å². The number of hydrogen-bond donors (Lipinski definition) is 0. The molecule has 0 atom stereocenters. The van der Waals surface area contributed by atoms with Crippen molar-refractivity contribution in [3.63, 3.8) is 0 Å². The van der Waals surface area contributed by atoms with Crippen LogP contribution in [0.15, 0.2) is 24.3 Å². The van der Waals surface area contributed by atoms with Crippen molar-refractivity contribution in [2.75, 3.05) is 0 Å². The van der Waals surface area contributed by atoms with E-state index in [1.54, 1.807) is 24.3 Å². The van der Waals surface area contributed by atoms with E-state index in [4.69, 9.17) is 0 Å². The zero-order chi connectivity index (χ0) is 19.6. The number of hydrogen-bond acceptors (Lipinski definition) is 2. The molecule has 0 bridgehead atoms. The molecule has 2 nitrogen and oxygen atoms in total. The highest BCUT2D eigenvalue weighted by Crippen LogP contribution is 2.15. The van der Waals surface area contributed by atoms with Gasteiger partial charge in [0.2, 0.25) is 6.29 Å². The van der Waals surface area contributed by atoms with Gasteiger partial charge in [0.15, 0.2) is 5.78 Å². The van der Waals surface area contributed by atoms with Gasteiger partial charge < -0.3 is 0 Å². The molecule has 0 fully saturated rings. The Kier molecular flexibility index (Phi) is 14.6. The molecular formula is C25H39O2. The summed E-state index contributed by atoms with van der Waals surface area (Å²) >= 11 is 0. The molecule has 0 aromatic heterocycles. The first-order chi connectivity index (χ1) is 13.3. The fourth-order valence-corrected chi connectivity index (χ4v) is 3.61. The summed E-state index contributed by atoms with van der Waals surface area (Å²) in [4.78, 5) is 23.0. The Balaban J connectivity index is 1.89. The van der Waals surface area contributed by atoms with Gasteiger partial charge in [-0.3, -0.25) is 9.59 Å². The van der Waals surface area contributed by atoms with Gasteiger partial charge in [0.05, 0.1) is 0 Å². The molecule has 0 N–H and O–H groups in total. The maximum atomic E-state index is 12.2. The molecular weight excluding hydrogens is 332 g/mol. The maximum absolute atomic E-state index is 12.2. The van der Waals surface area contributed by atoms with Crippen LogP contribution in [-0.2, 0) is 4.79 Å². The number of rotatable bonds is 18. The van der Waals surface area contributed by atoms with E-state index < -0.39 is 0 Å². The molecule has 27 heavy (non-hydrogen) atoms.